The van der Waals surface area contributed by atoms with E-state index in [1.54, 1.807) is 19.1 Å². The number of amides is 1. The number of carbonyl (C=O) groups is 1. The minimum absolute atomic E-state index is 0.00838. The summed E-state index contributed by atoms with van der Waals surface area (Å²) >= 11 is 6.57. The molecule has 1 unspecified atom stereocenters. The standard InChI is InChI=1S/C36H29ClF6N8O4S/c1-15-5-4-6-22-26(15)35(53)51(24-8-7-21(37)28-30(24)49(2)47-33(28)48-56(3,54)55)34(45-22)23(11-16-9-17(38)12-18(39)10-16)44-25(52)14-50-31-27(29(46-50)32(40)41)19-13-20(19)36(31,42)43/h4-10,12,19-20,23,32H,11,13-14H2,1-3H3,(H,44,52)(H,47,48)/t19-,20+,23?/m0/s1. The molecule has 0 spiro atoms. The molecule has 292 valence electrons. The number of rotatable bonds is 10. The van der Waals surface area contributed by atoms with Crippen molar-refractivity contribution >= 4 is 55.2 Å². The summed E-state index contributed by atoms with van der Waals surface area (Å²) in [6, 6.07) is 8.78. The Labute approximate surface area is 318 Å². The number of hydrogen-bond acceptors (Lipinski definition) is 7. The number of sulfonamides is 1. The summed E-state index contributed by atoms with van der Waals surface area (Å²) in [5, 5.41) is 10.9. The fourth-order valence-electron chi connectivity index (χ4n) is 7.79. The fourth-order valence-corrected chi connectivity index (χ4v) is 8.53. The predicted molar refractivity (Wildman–Crippen MR) is 193 cm³/mol. The Kier molecular flexibility index (Phi) is 8.75. The van der Waals surface area contributed by atoms with Crippen molar-refractivity contribution in [3.63, 3.8) is 0 Å². The highest BCUT2D eigenvalue weighted by molar-refractivity contribution is 7.92. The maximum atomic E-state index is 15.4. The fraction of sp³-hybridized carbons (Fsp3) is 0.306. The second kappa shape index (κ2) is 13.1. The van der Waals surface area contributed by atoms with Gasteiger partial charge in [-0.15, -0.1) is 0 Å². The molecule has 8 rings (SSSR count). The van der Waals surface area contributed by atoms with E-state index in [0.29, 0.717) is 16.3 Å². The van der Waals surface area contributed by atoms with Crippen molar-refractivity contribution in [1.29, 1.82) is 0 Å². The third kappa shape index (κ3) is 6.25. The van der Waals surface area contributed by atoms with Gasteiger partial charge in [-0.2, -0.15) is 19.0 Å². The normalized spacial score (nSPS) is 17.7. The Morgan fingerprint density at radius 3 is 2.46 bits per heavy atom. The first-order valence-corrected chi connectivity index (χ1v) is 19.3. The molecule has 2 N–H and O–H groups in total. The number of aryl methyl sites for hydroxylation is 2. The summed E-state index contributed by atoms with van der Waals surface area (Å²) in [6.45, 7) is 0.707. The van der Waals surface area contributed by atoms with Crippen LogP contribution in [0, 0.1) is 24.5 Å². The molecule has 1 saturated carbocycles. The first-order valence-electron chi connectivity index (χ1n) is 17.0. The van der Waals surface area contributed by atoms with Gasteiger partial charge in [0.1, 0.15) is 35.4 Å². The molecule has 0 bridgehead atoms. The van der Waals surface area contributed by atoms with E-state index in [1.807, 2.05) is 0 Å². The van der Waals surface area contributed by atoms with Gasteiger partial charge in [-0.3, -0.25) is 28.2 Å². The smallest absolute Gasteiger partial charge is 0.293 e. The Morgan fingerprint density at radius 2 is 1.79 bits per heavy atom. The van der Waals surface area contributed by atoms with E-state index in [1.165, 1.54) is 29.9 Å². The zero-order chi connectivity index (χ0) is 40.2. The van der Waals surface area contributed by atoms with Crippen LogP contribution in [0.2, 0.25) is 5.02 Å². The Morgan fingerprint density at radius 1 is 1.07 bits per heavy atom. The van der Waals surface area contributed by atoms with Gasteiger partial charge in [0.15, 0.2) is 5.82 Å². The number of hydrogen-bond donors (Lipinski definition) is 2. The van der Waals surface area contributed by atoms with E-state index in [4.69, 9.17) is 16.6 Å². The SMILES string of the molecule is Cc1cccc2nc(C(Cc3cc(F)cc(F)c3)NC(=O)Cn3nc(C(F)F)c4c3C(F)(F)[C@@H]3C[C@H]43)n(-c3ccc(Cl)c4c(NS(C)(=O)=O)nn(C)c34)c(=O)c12. The lowest BCUT2D eigenvalue weighted by atomic mass is 10.0. The van der Waals surface area contributed by atoms with Crippen molar-refractivity contribution in [2.24, 2.45) is 13.0 Å². The van der Waals surface area contributed by atoms with Crippen molar-refractivity contribution in [3.8, 4) is 5.69 Å². The number of benzene rings is 3. The quantitative estimate of drug-likeness (QED) is 0.154. The Hall–Kier alpha value is -5.43. The molecule has 3 atom stereocenters. The van der Waals surface area contributed by atoms with Gasteiger partial charge in [-0.25, -0.2) is 31.0 Å². The number of carbonyl (C=O) groups excluding carboxylic acids is 1. The topological polar surface area (TPSA) is 146 Å². The number of fused-ring (bicyclic) bond motifs is 5. The van der Waals surface area contributed by atoms with Gasteiger partial charge in [0.2, 0.25) is 15.9 Å². The van der Waals surface area contributed by atoms with Crippen LogP contribution in [0.1, 0.15) is 58.7 Å². The first kappa shape index (κ1) is 37.5. The molecule has 1 amide bonds. The predicted octanol–water partition coefficient (Wildman–Crippen LogP) is 6.33. The lowest BCUT2D eigenvalue weighted by molar-refractivity contribution is -0.123. The highest BCUT2D eigenvalue weighted by atomic mass is 35.5. The third-order valence-corrected chi connectivity index (χ3v) is 10.9. The summed E-state index contributed by atoms with van der Waals surface area (Å²) in [5.74, 6) is -8.85. The van der Waals surface area contributed by atoms with Crippen LogP contribution in [0.15, 0.2) is 53.3 Å². The lowest BCUT2D eigenvalue weighted by Crippen LogP contribution is -2.38. The van der Waals surface area contributed by atoms with Gasteiger partial charge in [-0.05, 0) is 60.7 Å². The van der Waals surface area contributed by atoms with Gasteiger partial charge < -0.3 is 5.32 Å². The number of nitrogens with zero attached hydrogens (tertiary/aromatic N) is 6. The van der Waals surface area contributed by atoms with Crippen LogP contribution in [0.3, 0.4) is 0 Å². The average Bonchev–Trinajstić information content (AvgIpc) is 3.63. The molecule has 2 aliphatic carbocycles. The van der Waals surface area contributed by atoms with Crippen molar-refractivity contribution < 1.29 is 39.6 Å². The van der Waals surface area contributed by atoms with Gasteiger partial charge in [0.05, 0.1) is 44.8 Å². The van der Waals surface area contributed by atoms with E-state index in [0.717, 1.165) is 23.0 Å². The monoisotopic (exact) mass is 818 g/mol. The van der Waals surface area contributed by atoms with Crippen LogP contribution < -0.4 is 15.6 Å². The van der Waals surface area contributed by atoms with Crippen LogP contribution in [0.25, 0.3) is 27.5 Å². The zero-order valence-corrected chi connectivity index (χ0v) is 31.0. The number of anilines is 1. The minimum atomic E-state index is -3.88. The lowest BCUT2D eigenvalue weighted by Gasteiger charge is -2.24. The molecule has 0 aliphatic heterocycles. The van der Waals surface area contributed by atoms with E-state index in [-0.39, 0.29) is 61.7 Å². The maximum absolute atomic E-state index is 15.4. The molecule has 3 aromatic carbocycles. The summed E-state index contributed by atoms with van der Waals surface area (Å²) in [5.41, 5.74) is -1.73. The number of halogens is 7. The molecule has 1 fully saturated rings. The van der Waals surface area contributed by atoms with Crippen LogP contribution >= 0.6 is 11.6 Å². The Bertz CT molecular complexity index is 2800. The van der Waals surface area contributed by atoms with Crippen LogP contribution in [0.5, 0.6) is 0 Å². The van der Waals surface area contributed by atoms with Crippen molar-refractivity contribution in [2.45, 2.75) is 50.6 Å². The Balaban J connectivity index is 1.32. The third-order valence-electron chi connectivity index (χ3n) is 10.0. The molecule has 12 nitrogen and oxygen atoms in total. The number of aromatic nitrogens is 6. The highest BCUT2D eigenvalue weighted by Gasteiger charge is 2.67. The average molecular weight is 819 g/mol. The first-order chi connectivity index (χ1) is 26.3. The van der Waals surface area contributed by atoms with Crippen molar-refractivity contribution in [3.05, 3.63) is 109 Å². The molecule has 0 radical (unpaired) electrons. The highest BCUT2D eigenvalue weighted by Crippen LogP contribution is 2.68. The van der Waals surface area contributed by atoms with E-state index >= 15 is 8.78 Å². The largest absolute Gasteiger partial charge is 0.344 e. The van der Waals surface area contributed by atoms with Gasteiger partial charge in [-0.1, -0.05) is 23.7 Å². The molecule has 20 heteroatoms. The summed E-state index contributed by atoms with van der Waals surface area (Å²) in [6.07, 6.45) is -2.70. The number of alkyl halides is 4. The van der Waals surface area contributed by atoms with Gasteiger partial charge in [0.25, 0.3) is 17.9 Å². The van der Waals surface area contributed by atoms with E-state index in [9.17, 15) is 35.6 Å². The molecule has 3 heterocycles. The number of nitrogens with one attached hydrogen (secondary N) is 2. The van der Waals surface area contributed by atoms with Crippen molar-refractivity contribution in [1.82, 2.24) is 34.4 Å². The zero-order valence-electron chi connectivity index (χ0n) is 29.4. The van der Waals surface area contributed by atoms with Gasteiger partial charge >= 0.3 is 0 Å². The summed E-state index contributed by atoms with van der Waals surface area (Å²) < 4.78 is 118. The van der Waals surface area contributed by atoms with Crippen LogP contribution in [-0.2, 0) is 40.8 Å². The molecular weight excluding hydrogens is 790 g/mol. The van der Waals surface area contributed by atoms with Crippen LogP contribution in [0.4, 0.5) is 32.2 Å². The van der Waals surface area contributed by atoms with Crippen LogP contribution in [-0.4, -0.2) is 49.7 Å². The molecule has 2 aliphatic rings. The van der Waals surface area contributed by atoms with Crippen molar-refractivity contribution in [2.75, 3.05) is 11.0 Å². The molecule has 6 aromatic rings. The van der Waals surface area contributed by atoms with E-state index < -0.39 is 87.7 Å². The second-order valence-electron chi connectivity index (χ2n) is 14.0. The van der Waals surface area contributed by atoms with Gasteiger partial charge in [0, 0.05) is 31.0 Å². The second-order valence-corrected chi connectivity index (χ2v) is 16.2. The van der Waals surface area contributed by atoms with E-state index in [2.05, 4.69) is 20.2 Å². The molecule has 56 heavy (non-hydrogen) atoms. The molecule has 0 saturated heterocycles. The molecule has 3 aromatic heterocycles. The maximum Gasteiger partial charge on any atom is 0.293 e. The minimum Gasteiger partial charge on any atom is -0.344 e. The molecular formula is C36H29ClF6N8O4S. The summed E-state index contributed by atoms with van der Waals surface area (Å²) in [7, 11) is -2.42. The summed E-state index contributed by atoms with van der Waals surface area (Å²) in [4.78, 5) is 33.4.